The van der Waals surface area contributed by atoms with Crippen LogP contribution in [0, 0.1) is 6.92 Å². The highest BCUT2D eigenvalue weighted by molar-refractivity contribution is 7.89. The highest BCUT2D eigenvalue weighted by Crippen LogP contribution is 2.18. The fraction of sp³-hybridized carbons (Fsp3) is 0.273. The van der Waals surface area contributed by atoms with Crippen LogP contribution in [0.15, 0.2) is 65.8 Å². The zero-order valence-corrected chi connectivity index (χ0v) is 18.3. The van der Waals surface area contributed by atoms with E-state index in [1.165, 1.54) is 28.6 Å². The van der Waals surface area contributed by atoms with Gasteiger partial charge in [-0.2, -0.15) is 4.31 Å². The molecule has 0 spiro atoms. The Morgan fingerprint density at radius 1 is 1.10 bits per heavy atom. The molecule has 2 aromatic carbocycles. The van der Waals surface area contributed by atoms with Crippen molar-refractivity contribution in [1.29, 1.82) is 0 Å². The molecule has 158 valence electrons. The van der Waals surface area contributed by atoms with Crippen LogP contribution in [0.5, 0.6) is 0 Å². The van der Waals surface area contributed by atoms with Crippen molar-refractivity contribution in [2.45, 2.75) is 38.3 Å². The summed E-state index contributed by atoms with van der Waals surface area (Å²) >= 11 is 0. The van der Waals surface area contributed by atoms with E-state index in [0.717, 1.165) is 11.4 Å². The molecule has 0 saturated carbocycles. The standard InChI is InChI=1S/C22H26N4O3S/c1-16(2)25(4)30(28,29)21-11-7-19(8-12-21)22(27)24-20-9-5-18(6-10-20)15-26-14-13-23-17(26)3/h5-14,16H,15H2,1-4H3,(H,24,27). The van der Waals surface area contributed by atoms with Crippen LogP contribution in [0.1, 0.15) is 35.6 Å². The second-order valence-electron chi connectivity index (χ2n) is 7.39. The van der Waals surface area contributed by atoms with Gasteiger partial charge in [-0.15, -0.1) is 0 Å². The number of aryl methyl sites for hydroxylation is 1. The molecule has 8 heteroatoms. The van der Waals surface area contributed by atoms with E-state index in [0.29, 0.717) is 17.8 Å². The normalized spacial score (nSPS) is 11.8. The number of hydrogen-bond donors (Lipinski definition) is 1. The number of nitrogens with zero attached hydrogens (tertiary/aromatic N) is 3. The van der Waals surface area contributed by atoms with Crippen LogP contribution in [-0.4, -0.2) is 41.3 Å². The minimum atomic E-state index is -3.57. The Morgan fingerprint density at radius 3 is 2.27 bits per heavy atom. The number of carbonyl (C=O) groups excluding carboxylic acids is 1. The maximum absolute atomic E-state index is 12.5. The number of carbonyl (C=O) groups is 1. The molecule has 0 saturated heterocycles. The first-order chi connectivity index (χ1) is 14.2. The lowest BCUT2D eigenvalue weighted by Gasteiger charge is -2.21. The van der Waals surface area contributed by atoms with Crippen LogP contribution in [0.2, 0.25) is 0 Å². The lowest BCUT2D eigenvalue weighted by Crippen LogP contribution is -2.33. The summed E-state index contributed by atoms with van der Waals surface area (Å²) in [5.41, 5.74) is 2.15. The average Bonchev–Trinajstić information content (AvgIpc) is 3.13. The molecule has 0 bridgehead atoms. The maximum Gasteiger partial charge on any atom is 0.255 e. The number of benzene rings is 2. The quantitative estimate of drug-likeness (QED) is 0.626. The van der Waals surface area contributed by atoms with Gasteiger partial charge in [-0.05, 0) is 62.7 Å². The minimum absolute atomic E-state index is 0.154. The smallest absolute Gasteiger partial charge is 0.255 e. The SMILES string of the molecule is Cc1nccn1Cc1ccc(NC(=O)c2ccc(S(=O)(=O)N(C)C(C)C)cc2)cc1. The largest absolute Gasteiger partial charge is 0.331 e. The fourth-order valence-electron chi connectivity index (χ4n) is 2.89. The van der Waals surface area contributed by atoms with Crippen molar-refractivity contribution in [2.75, 3.05) is 12.4 Å². The van der Waals surface area contributed by atoms with Crippen molar-refractivity contribution >= 4 is 21.6 Å². The zero-order valence-electron chi connectivity index (χ0n) is 17.5. The summed E-state index contributed by atoms with van der Waals surface area (Å²) in [5.74, 6) is 0.645. The van der Waals surface area contributed by atoms with Crippen LogP contribution in [-0.2, 0) is 16.6 Å². The number of sulfonamides is 1. The van der Waals surface area contributed by atoms with Crippen molar-refractivity contribution in [3.63, 3.8) is 0 Å². The molecule has 0 aliphatic carbocycles. The van der Waals surface area contributed by atoms with Gasteiger partial charge < -0.3 is 9.88 Å². The van der Waals surface area contributed by atoms with Crippen LogP contribution in [0.25, 0.3) is 0 Å². The van der Waals surface area contributed by atoms with Gasteiger partial charge >= 0.3 is 0 Å². The number of anilines is 1. The second kappa shape index (κ2) is 8.81. The van der Waals surface area contributed by atoms with Crippen LogP contribution < -0.4 is 5.32 Å². The summed E-state index contributed by atoms with van der Waals surface area (Å²) in [6.07, 6.45) is 3.69. The highest BCUT2D eigenvalue weighted by Gasteiger charge is 2.23. The van der Waals surface area contributed by atoms with Gasteiger partial charge in [0.25, 0.3) is 5.91 Å². The molecule has 0 fully saturated rings. The Bertz CT molecular complexity index is 1120. The number of amides is 1. The van der Waals surface area contributed by atoms with E-state index in [4.69, 9.17) is 0 Å². The molecule has 3 aromatic rings. The summed E-state index contributed by atoms with van der Waals surface area (Å²) in [6, 6.07) is 13.4. The molecule has 3 rings (SSSR count). The van der Waals surface area contributed by atoms with Crippen molar-refractivity contribution < 1.29 is 13.2 Å². The van der Waals surface area contributed by atoms with Gasteiger partial charge in [-0.1, -0.05) is 12.1 Å². The van der Waals surface area contributed by atoms with E-state index < -0.39 is 10.0 Å². The summed E-state index contributed by atoms with van der Waals surface area (Å²) in [4.78, 5) is 16.9. The molecule has 1 N–H and O–H groups in total. The summed E-state index contributed by atoms with van der Waals surface area (Å²) in [5, 5.41) is 2.84. The number of aromatic nitrogens is 2. The van der Waals surface area contributed by atoms with E-state index in [2.05, 4.69) is 10.3 Å². The van der Waals surface area contributed by atoms with Crippen molar-refractivity contribution in [3.8, 4) is 0 Å². The van der Waals surface area contributed by atoms with Crippen LogP contribution in [0.4, 0.5) is 5.69 Å². The summed E-state index contributed by atoms with van der Waals surface area (Å²) in [6.45, 7) is 6.27. The number of imidazole rings is 1. The van der Waals surface area contributed by atoms with Crippen molar-refractivity contribution in [3.05, 3.63) is 77.9 Å². The Labute approximate surface area is 177 Å². The van der Waals surface area contributed by atoms with Gasteiger partial charge in [0.2, 0.25) is 10.0 Å². The number of nitrogens with one attached hydrogen (secondary N) is 1. The molecule has 1 aromatic heterocycles. The van der Waals surface area contributed by atoms with Crippen molar-refractivity contribution in [2.24, 2.45) is 0 Å². The molecular formula is C22H26N4O3S. The van der Waals surface area contributed by atoms with Gasteiger partial charge in [-0.3, -0.25) is 4.79 Å². The van der Waals surface area contributed by atoms with Gasteiger partial charge in [0.05, 0.1) is 4.90 Å². The Morgan fingerprint density at radius 2 is 1.73 bits per heavy atom. The topological polar surface area (TPSA) is 84.3 Å². The Hall–Kier alpha value is -2.97. The lowest BCUT2D eigenvalue weighted by molar-refractivity contribution is 0.102. The molecular weight excluding hydrogens is 400 g/mol. The third kappa shape index (κ3) is 4.77. The molecule has 0 aliphatic heterocycles. The van der Waals surface area contributed by atoms with Gasteiger partial charge in [0.1, 0.15) is 5.82 Å². The molecule has 0 atom stereocenters. The Balaban J connectivity index is 1.67. The average molecular weight is 427 g/mol. The number of hydrogen-bond acceptors (Lipinski definition) is 4. The minimum Gasteiger partial charge on any atom is -0.331 e. The predicted octanol–water partition coefficient (Wildman–Crippen LogP) is 3.52. The molecule has 30 heavy (non-hydrogen) atoms. The summed E-state index contributed by atoms with van der Waals surface area (Å²) in [7, 11) is -2.03. The van der Waals surface area contributed by atoms with E-state index in [1.54, 1.807) is 27.1 Å². The van der Waals surface area contributed by atoms with E-state index in [9.17, 15) is 13.2 Å². The fourth-order valence-corrected chi connectivity index (χ4v) is 4.25. The molecule has 1 heterocycles. The molecule has 0 aliphatic rings. The lowest BCUT2D eigenvalue weighted by atomic mass is 10.2. The monoisotopic (exact) mass is 426 g/mol. The molecule has 0 unspecified atom stereocenters. The van der Waals surface area contributed by atoms with Crippen LogP contribution in [0.3, 0.4) is 0 Å². The molecule has 7 nitrogen and oxygen atoms in total. The first-order valence-electron chi connectivity index (χ1n) is 9.64. The third-order valence-electron chi connectivity index (χ3n) is 5.01. The maximum atomic E-state index is 12.5. The summed E-state index contributed by atoms with van der Waals surface area (Å²) < 4.78 is 28.4. The second-order valence-corrected chi connectivity index (χ2v) is 9.39. The molecule has 1 amide bonds. The van der Waals surface area contributed by atoms with Gasteiger partial charge in [0, 0.05) is 43.3 Å². The molecule has 0 radical (unpaired) electrons. The van der Waals surface area contributed by atoms with Crippen LogP contribution >= 0.6 is 0 Å². The zero-order chi connectivity index (χ0) is 21.9. The first kappa shape index (κ1) is 21.7. The highest BCUT2D eigenvalue weighted by atomic mass is 32.2. The Kier molecular flexibility index (Phi) is 6.38. The van der Waals surface area contributed by atoms with Gasteiger partial charge in [0.15, 0.2) is 0 Å². The predicted molar refractivity (Wildman–Crippen MR) is 117 cm³/mol. The van der Waals surface area contributed by atoms with E-state index >= 15 is 0 Å². The van der Waals surface area contributed by atoms with E-state index in [-0.39, 0.29) is 16.8 Å². The van der Waals surface area contributed by atoms with E-state index in [1.807, 2.05) is 42.0 Å². The van der Waals surface area contributed by atoms with Gasteiger partial charge in [-0.25, -0.2) is 13.4 Å². The van der Waals surface area contributed by atoms with Crippen molar-refractivity contribution in [1.82, 2.24) is 13.9 Å². The number of rotatable bonds is 7. The first-order valence-corrected chi connectivity index (χ1v) is 11.1. The third-order valence-corrected chi connectivity index (χ3v) is 7.06.